The van der Waals surface area contributed by atoms with Gasteiger partial charge in [0.15, 0.2) is 0 Å². The number of carbonyl (C=O) groups is 1. The number of anilines is 2. The van der Waals surface area contributed by atoms with Crippen LogP contribution in [0.2, 0.25) is 0 Å². The van der Waals surface area contributed by atoms with Gasteiger partial charge in [0.1, 0.15) is 24.2 Å². The van der Waals surface area contributed by atoms with Gasteiger partial charge in [0, 0.05) is 11.9 Å². The van der Waals surface area contributed by atoms with Crippen LogP contribution in [0.3, 0.4) is 0 Å². The Morgan fingerprint density at radius 2 is 1.94 bits per heavy atom. The summed E-state index contributed by atoms with van der Waals surface area (Å²) in [5.41, 5.74) is 9.47. The number of carbonyl (C=O) groups excluding carboxylic acids is 1. The van der Waals surface area contributed by atoms with E-state index >= 15 is 0 Å². The molecule has 0 atom stereocenters. The second-order valence-corrected chi connectivity index (χ2v) is 7.57. The number of benzene rings is 2. The molecule has 1 amide bonds. The lowest BCUT2D eigenvalue weighted by molar-refractivity contribution is -0.111. The van der Waals surface area contributed by atoms with Gasteiger partial charge >= 0.3 is 0 Å². The van der Waals surface area contributed by atoms with Crippen molar-refractivity contribution in [3.8, 4) is 11.4 Å². The van der Waals surface area contributed by atoms with Gasteiger partial charge in [0.05, 0.1) is 28.5 Å². The van der Waals surface area contributed by atoms with E-state index in [-0.39, 0.29) is 12.0 Å². The summed E-state index contributed by atoms with van der Waals surface area (Å²) in [6.45, 7) is 3.89. The minimum Gasteiger partial charge on any atom is -0.491 e. The summed E-state index contributed by atoms with van der Waals surface area (Å²) in [7, 11) is 0. The summed E-state index contributed by atoms with van der Waals surface area (Å²) < 4.78 is 7.29. The molecule has 0 spiro atoms. The fourth-order valence-electron chi connectivity index (χ4n) is 3.32. The molecule has 9 nitrogen and oxygen atoms in total. The maximum Gasteiger partial charge on any atom is 0.259 e. The highest BCUT2D eigenvalue weighted by molar-refractivity contribution is 6.13. The molecule has 2 aromatic carbocycles. The number of hydrogen-bond donors (Lipinski definition) is 3. The van der Waals surface area contributed by atoms with Crippen LogP contribution in [0.4, 0.5) is 11.5 Å². The summed E-state index contributed by atoms with van der Waals surface area (Å²) in [4.78, 5) is 21.2. The average Bonchev–Trinajstić information content (AvgIpc) is 3.34. The molecule has 2 aromatic heterocycles. The lowest BCUT2D eigenvalue weighted by atomic mass is 10.0. The molecule has 0 aliphatic heterocycles. The summed E-state index contributed by atoms with van der Waals surface area (Å²) in [5, 5.41) is 13.4. The Morgan fingerprint density at radius 1 is 1.12 bits per heavy atom. The topological polar surface area (TPSA) is 134 Å². The standard InChI is InChI=1S/C24H23N7O2/c1-15(2)33-17-7-8-20(25)19(12-17)23(26)16-9-10-28-22(11-16)30-24(32)18-5-3-4-6-21(18)31-14-27-13-29-31/h3-15,26H,25H2,1-2H3,(H,28,30,32)/p+1. The fourth-order valence-corrected chi connectivity index (χ4v) is 3.32. The molecule has 0 saturated carbocycles. The second-order valence-electron chi connectivity index (χ2n) is 7.57. The Bertz CT molecular complexity index is 1300. The van der Waals surface area contributed by atoms with Crippen molar-refractivity contribution in [1.29, 1.82) is 0 Å². The van der Waals surface area contributed by atoms with Gasteiger partial charge in [-0.15, -0.1) is 0 Å². The maximum atomic E-state index is 13.0. The lowest BCUT2D eigenvalue weighted by Gasteiger charge is -2.12. The van der Waals surface area contributed by atoms with Crippen LogP contribution in [-0.2, 0) is 0 Å². The minimum atomic E-state index is -0.337. The molecular formula is C24H24N7O2+. The third kappa shape index (κ3) is 4.87. The molecule has 9 heteroatoms. The van der Waals surface area contributed by atoms with E-state index in [4.69, 9.17) is 15.9 Å². The van der Waals surface area contributed by atoms with Crippen molar-refractivity contribution in [3.63, 3.8) is 0 Å². The number of rotatable bonds is 7. The van der Waals surface area contributed by atoms with Crippen molar-refractivity contribution in [2.75, 3.05) is 11.1 Å². The van der Waals surface area contributed by atoms with Crippen LogP contribution in [0.1, 0.15) is 35.3 Å². The van der Waals surface area contributed by atoms with Gasteiger partial charge in [-0.25, -0.2) is 14.6 Å². The van der Waals surface area contributed by atoms with Gasteiger partial charge in [0.25, 0.3) is 5.91 Å². The Labute approximate surface area is 190 Å². The minimum absolute atomic E-state index is 0.0193. The predicted octanol–water partition coefficient (Wildman–Crippen LogP) is 1.88. The fraction of sp³-hybridized carbons (Fsp3) is 0.125. The third-order valence-electron chi connectivity index (χ3n) is 4.81. The molecule has 33 heavy (non-hydrogen) atoms. The second kappa shape index (κ2) is 9.31. The van der Waals surface area contributed by atoms with E-state index in [1.54, 1.807) is 54.7 Å². The van der Waals surface area contributed by atoms with Crippen molar-refractivity contribution >= 4 is 23.1 Å². The SMILES string of the molecule is CC(C)Oc1ccc(N)c(C(=[NH2+])c2ccnc(NC(=O)c3ccccc3-n3cncn3)c2)c1. The quantitative estimate of drug-likeness (QED) is 0.296. The third-order valence-corrected chi connectivity index (χ3v) is 4.81. The van der Waals surface area contributed by atoms with E-state index in [0.29, 0.717) is 45.3 Å². The summed E-state index contributed by atoms with van der Waals surface area (Å²) in [5.74, 6) is 0.683. The van der Waals surface area contributed by atoms with Crippen molar-refractivity contribution in [2.45, 2.75) is 20.0 Å². The Kier molecular flexibility index (Phi) is 6.12. The highest BCUT2D eigenvalue weighted by Crippen LogP contribution is 2.23. The van der Waals surface area contributed by atoms with Gasteiger partial charge in [-0.2, -0.15) is 5.10 Å². The van der Waals surface area contributed by atoms with Crippen LogP contribution in [0.5, 0.6) is 5.75 Å². The molecule has 4 rings (SSSR count). The zero-order valence-electron chi connectivity index (χ0n) is 18.3. The van der Waals surface area contributed by atoms with Gasteiger partial charge in [-0.05, 0) is 56.3 Å². The number of nitrogens with zero attached hydrogens (tertiary/aromatic N) is 4. The Morgan fingerprint density at radius 3 is 2.70 bits per heavy atom. The average molecular weight is 443 g/mol. The van der Waals surface area contributed by atoms with Gasteiger partial charge in [-0.1, -0.05) is 12.1 Å². The lowest BCUT2D eigenvalue weighted by Crippen LogP contribution is -2.41. The first-order valence-electron chi connectivity index (χ1n) is 10.3. The smallest absolute Gasteiger partial charge is 0.259 e. The summed E-state index contributed by atoms with van der Waals surface area (Å²) in [6.07, 6.45) is 4.53. The van der Waals surface area contributed by atoms with Crippen molar-refractivity contribution in [1.82, 2.24) is 19.7 Å². The molecule has 0 bridgehead atoms. The number of amides is 1. The zero-order chi connectivity index (χ0) is 23.4. The van der Waals surface area contributed by atoms with Crippen LogP contribution in [-0.4, -0.2) is 37.5 Å². The predicted molar refractivity (Wildman–Crippen MR) is 125 cm³/mol. The molecule has 0 radical (unpaired) electrons. The van der Waals surface area contributed by atoms with Gasteiger partial charge in [-0.3, -0.25) is 10.2 Å². The monoisotopic (exact) mass is 442 g/mol. The number of aromatic nitrogens is 4. The van der Waals surface area contributed by atoms with E-state index in [2.05, 4.69) is 20.4 Å². The van der Waals surface area contributed by atoms with E-state index in [1.807, 2.05) is 19.9 Å². The maximum absolute atomic E-state index is 13.0. The van der Waals surface area contributed by atoms with Crippen LogP contribution < -0.4 is 21.2 Å². The van der Waals surface area contributed by atoms with E-state index < -0.39 is 0 Å². The van der Waals surface area contributed by atoms with Crippen LogP contribution in [0, 0.1) is 0 Å². The molecule has 0 unspecified atom stereocenters. The molecule has 2 heterocycles. The number of hydrogen-bond acceptors (Lipinski definition) is 6. The molecule has 166 valence electrons. The van der Waals surface area contributed by atoms with Crippen molar-refractivity contribution in [2.24, 2.45) is 0 Å². The number of ether oxygens (including phenoxy) is 1. The number of nitrogen functional groups attached to an aromatic ring is 1. The number of para-hydroxylation sites is 1. The molecular weight excluding hydrogens is 418 g/mol. The van der Waals surface area contributed by atoms with Gasteiger partial charge < -0.3 is 15.8 Å². The highest BCUT2D eigenvalue weighted by Gasteiger charge is 2.18. The number of pyridine rings is 1. The first kappa shape index (κ1) is 21.7. The van der Waals surface area contributed by atoms with Crippen molar-refractivity contribution in [3.05, 3.63) is 90.1 Å². The number of nitrogens with two attached hydrogens (primary N) is 2. The zero-order valence-corrected chi connectivity index (χ0v) is 18.3. The summed E-state index contributed by atoms with van der Waals surface area (Å²) >= 11 is 0. The first-order valence-corrected chi connectivity index (χ1v) is 10.3. The largest absolute Gasteiger partial charge is 0.491 e. The highest BCUT2D eigenvalue weighted by atomic mass is 16.5. The van der Waals surface area contributed by atoms with Gasteiger partial charge in [0.2, 0.25) is 5.71 Å². The molecule has 4 aromatic rings. The van der Waals surface area contributed by atoms with Crippen LogP contribution in [0.15, 0.2) is 73.4 Å². The van der Waals surface area contributed by atoms with Crippen LogP contribution >= 0.6 is 0 Å². The van der Waals surface area contributed by atoms with E-state index in [9.17, 15) is 4.79 Å². The molecule has 0 aliphatic rings. The summed E-state index contributed by atoms with van der Waals surface area (Å²) in [6, 6.07) is 15.9. The Hall–Kier alpha value is -4.53. The van der Waals surface area contributed by atoms with Crippen LogP contribution in [0.25, 0.3) is 5.69 Å². The molecule has 0 saturated heterocycles. The molecule has 0 aliphatic carbocycles. The van der Waals surface area contributed by atoms with E-state index in [0.717, 1.165) is 0 Å². The molecule has 5 N–H and O–H groups in total. The van der Waals surface area contributed by atoms with E-state index in [1.165, 1.54) is 17.3 Å². The van der Waals surface area contributed by atoms with Crippen molar-refractivity contribution < 1.29 is 14.9 Å². The number of nitrogens with one attached hydrogen (secondary N) is 1. The Balaban J connectivity index is 1.59. The normalized spacial score (nSPS) is 10.8. The molecule has 0 fully saturated rings. The first-order chi connectivity index (χ1) is 15.9.